The van der Waals surface area contributed by atoms with Crippen LogP contribution in [-0.2, 0) is 71.2 Å². The molecule has 334 valence electrons. The minimum atomic E-state index is -0.409. The molecule has 0 aliphatic heterocycles. The van der Waals surface area contributed by atoms with Crippen molar-refractivity contribution in [3.05, 3.63) is 0 Å². The summed E-state index contributed by atoms with van der Waals surface area (Å²) >= 11 is 0. The Morgan fingerprint density at radius 3 is 0.839 bits per heavy atom. The molecule has 0 unspecified atom stereocenters. The molecule has 0 amide bonds. The number of methoxy groups -OCH3 is 1. The second kappa shape index (κ2) is 49.6. The Bertz CT molecular complexity index is 777. The number of ether oxygens (including phenoxy) is 13. The fourth-order valence-electron chi connectivity index (χ4n) is 4.99. The van der Waals surface area contributed by atoms with Crippen LogP contribution in [0.4, 0.5) is 0 Å². The summed E-state index contributed by atoms with van der Waals surface area (Å²) in [5.74, 6) is -0.546. The monoisotopic (exact) mass is 813 g/mol. The van der Waals surface area contributed by atoms with Crippen molar-refractivity contribution >= 4 is 11.9 Å². The highest BCUT2D eigenvalue weighted by Gasteiger charge is 2.03. The number of unbranched alkanes of at least 4 members (excludes halogenated alkanes) is 12. The van der Waals surface area contributed by atoms with Crippen molar-refractivity contribution in [3.63, 3.8) is 0 Å². The predicted molar refractivity (Wildman–Crippen MR) is 212 cm³/mol. The Labute approximate surface area is 338 Å². The van der Waals surface area contributed by atoms with Gasteiger partial charge in [0.25, 0.3) is 0 Å². The molecule has 0 N–H and O–H groups in total. The van der Waals surface area contributed by atoms with Crippen molar-refractivity contribution in [3.8, 4) is 0 Å². The maximum Gasteiger partial charge on any atom is 0.331 e. The standard InChI is InChI=1S/C41H80O15/c1-3-4-5-6-7-8-9-10-11-12-13-14-15-16-40(42)56-38-37-54-34-33-52-30-29-50-26-25-48-22-21-46-18-17-45-19-20-47-23-24-49-27-28-51-31-32-53-35-36-55-39-41(43)44-2/h3-39H2,1-2H3. The zero-order valence-corrected chi connectivity index (χ0v) is 35.3. The fourth-order valence-corrected chi connectivity index (χ4v) is 4.99. The van der Waals surface area contributed by atoms with Gasteiger partial charge in [-0.15, -0.1) is 0 Å². The molecule has 0 saturated carbocycles. The molecule has 15 heteroatoms. The Kier molecular flexibility index (Phi) is 48.3. The van der Waals surface area contributed by atoms with E-state index in [0.717, 1.165) is 12.8 Å². The third-order valence-corrected chi connectivity index (χ3v) is 8.14. The number of rotatable bonds is 49. The summed E-state index contributed by atoms with van der Waals surface area (Å²) in [6.07, 6.45) is 17.3. The van der Waals surface area contributed by atoms with Crippen LogP contribution in [0.25, 0.3) is 0 Å². The largest absolute Gasteiger partial charge is 0.467 e. The first-order valence-electron chi connectivity index (χ1n) is 21.3. The normalized spacial score (nSPS) is 11.4. The fraction of sp³-hybridized carbons (Fsp3) is 0.951. The third kappa shape index (κ3) is 48.6. The zero-order valence-electron chi connectivity index (χ0n) is 35.3. The van der Waals surface area contributed by atoms with Crippen molar-refractivity contribution in [2.45, 2.75) is 96.8 Å². The predicted octanol–water partition coefficient (Wildman–Crippen LogP) is 5.37. The molecule has 0 aromatic carbocycles. The molecule has 0 fully saturated rings. The highest BCUT2D eigenvalue weighted by atomic mass is 16.6. The number of hydrogen-bond donors (Lipinski definition) is 0. The molecule has 56 heavy (non-hydrogen) atoms. The van der Waals surface area contributed by atoms with Gasteiger partial charge in [-0.25, -0.2) is 4.79 Å². The molecular formula is C41H80O15. The van der Waals surface area contributed by atoms with Crippen LogP contribution < -0.4 is 0 Å². The first-order chi connectivity index (χ1) is 27.7. The van der Waals surface area contributed by atoms with Gasteiger partial charge in [0.1, 0.15) is 13.2 Å². The van der Waals surface area contributed by atoms with Gasteiger partial charge < -0.3 is 61.6 Å². The first kappa shape index (κ1) is 54.5. The van der Waals surface area contributed by atoms with Crippen molar-refractivity contribution in [2.75, 3.05) is 159 Å². The lowest BCUT2D eigenvalue weighted by molar-refractivity contribution is -0.146. The van der Waals surface area contributed by atoms with Crippen LogP contribution in [0.3, 0.4) is 0 Å². The molecular weight excluding hydrogens is 732 g/mol. The highest BCUT2D eigenvalue weighted by Crippen LogP contribution is 2.13. The molecule has 0 heterocycles. The van der Waals surface area contributed by atoms with E-state index in [9.17, 15) is 9.59 Å². The van der Waals surface area contributed by atoms with Gasteiger partial charge >= 0.3 is 11.9 Å². The van der Waals surface area contributed by atoms with Crippen LogP contribution in [0.1, 0.15) is 96.8 Å². The lowest BCUT2D eigenvalue weighted by Gasteiger charge is -2.09. The maximum atomic E-state index is 11.9. The molecule has 0 bridgehead atoms. The molecule has 0 atom stereocenters. The lowest BCUT2D eigenvalue weighted by atomic mass is 10.0. The highest BCUT2D eigenvalue weighted by molar-refractivity contribution is 5.70. The van der Waals surface area contributed by atoms with Gasteiger partial charge in [0, 0.05) is 6.42 Å². The van der Waals surface area contributed by atoms with Crippen LogP contribution in [0.15, 0.2) is 0 Å². The average Bonchev–Trinajstić information content (AvgIpc) is 3.20. The second-order valence-electron chi connectivity index (χ2n) is 13.0. The smallest absolute Gasteiger partial charge is 0.331 e. The van der Waals surface area contributed by atoms with Crippen molar-refractivity contribution in [2.24, 2.45) is 0 Å². The summed E-state index contributed by atoms with van der Waals surface area (Å²) in [6, 6.07) is 0. The van der Waals surface area contributed by atoms with Crippen LogP contribution in [-0.4, -0.2) is 171 Å². The van der Waals surface area contributed by atoms with Gasteiger partial charge in [-0.3, -0.25) is 4.79 Å². The molecule has 0 rings (SSSR count). The second-order valence-corrected chi connectivity index (χ2v) is 13.0. The summed E-state index contributed by atoms with van der Waals surface area (Å²) in [5, 5.41) is 0. The first-order valence-corrected chi connectivity index (χ1v) is 21.3. The average molecular weight is 813 g/mol. The Hall–Kier alpha value is -1.50. The van der Waals surface area contributed by atoms with Gasteiger partial charge in [0.15, 0.2) is 0 Å². The van der Waals surface area contributed by atoms with Crippen LogP contribution in [0, 0.1) is 0 Å². The summed E-state index contributed by atoms with van der Waals surface area (Å²) < 4.78 is 69.4. The van der Waals surface area contributed by atoms with E-state index in [1.807, 2.05) is 0 Å². The quantitative estimate of drug-likeness (QED) is 0.0571. The minimum Gasteiger partial charge on any atom is -0.467 e. The van der Waals surface area contributed by atoms with Crippen molar-refractivity contribution in [1.82, 2.24) is 0 Å². The van der Waals surface area contributed by atoms with E-state index in [-0.39, 0.29) is 19.2 Å². The molecule has 0 spiro atoms. The van der Waals surface area contributed by atoms with E-state index >= 15 is 0 Å². The SMILES string of the molecule is CCCCCCCCCCCCCCCC(=O)OCCOCCOCCOCCOCCOCCOCCOCCOCCOCCOCCOCC(=O)OC. The van der Waals surface area contributed by atoms with Gasteiger partial charge in [0.2, 0.25) is 0 Å². The summed E-state index contributed by atoms with van der Waals surface area (Å²) in [4.78, 5) is 22.8. The zero-order chi connectivity index (χ0) is 40.5. The number of carbonyl (C=O) groups is 2. The van der Waals surface area contributed by atoms with Crippen LogP contribution in [0.5, 0.6) is 0 Å². The molecule has 0 aliphatic carbocycles. The number of carbonyl (C=O) groups excluding carboxylic acids is 2. The van der Waals surface area contributed by atoms with Gasteiger partial charge in [-0.1, -0.05) is 84.0 Å². The molecule has 15 nitrogen and oxygen atoms in total. The van der Waals surface area contributed by atoms with Crippen LogP contribution >= 0.6 is 0 Å². The van der Waals surface area contributed by atoms with E-state index in [2.05, 4.69) is 11.7 Å². The summed E-state index contributed by atoms with van der Waals surface area (Å²) in [6.45, 7) is 12.2. The van der Waals surface area contributed by atoms with Crippen LogP contribution in [0.2, 0.25) is 0 Å². The Morgan fingerprint density at radius 2 is 0.554 bits per heavy atom. The molecule has 0 aromatic heterocycles. The number of hydrogen-bond acceptors (Lipinski definition) is 15. The van der Waals surface area contributed by atoms with Gasteiger partial charge in [-0.2, -0.15) is 0 Å². The minimum absolute atomic E-state index is 0.0732. The summed E-state index contributed by atoms with van der Waals surface area (Å²) in [7, 11) is 1.31. The molecule has 0 radical (unpaired) electrons. The molecule has 0 saturated heterocycles. The molecule has 0 aliphatic rings. The van der Waals surface area contributed by atoms with E-state index in [0.29, 0.717) is 145 Å². The number of esters is 2. The summed E-state index contributed by atoms with van der Waals surface area (Å²) in [5.41, 5.74) is 0. The maximum absolute atomic E-state index is 11.9. The van der Waals surface area contributed by atoms with Gasteiger partial charge in [-0.05, 0) is 6.42 Å². The van der Waals surface area contributed by atoms with Crippen molar-refractivity contribution < 1.29 is 71.2 Å². The van der Waals surface area contributed by atoms with E-state index in [4.69, 9.17) is 56.8 Å². The topological polar surface area (TPSA) is 154 Å². The lowest BCUT2D eigenvalue weighted by Crippen LogP contribution is -2.16. The van der Waals surface area contributed by atoms with E-state index in [1.165, 1.54) is 77.7 Å². The Balaban J connectivity index is 3.13. The van der Waals surface area contributed by atoms with Crippen molar-refractivity contribution in [1.29, 1.82) is 0 Å². The third-order valence-electron chi connectivity index (χ3n) is 8.14. The van der Waals surface area contributed by atoms with E-state index in [1.54, 1.807) is 0 Å². The Morgan fingerprint density at radius 1 is 0.304 bits per heavy atom. The molecule has 0 aromatic rings. The van der Waals surface area contributed by atoms with E-state index < -0.39 is 5.97 Å². The van der Waals surface area contributed by atoms with Gasteiger partial charge in [0.05, 0.1) is 146 Å².